The van der Waals surface area contributed by atoms with Crippen LogP contribution in [0.5, 0.6) is 0 Å². The monoisotopic (exact) mass is 451 g/mol. The molecule has 0 saturated heterocycles. The van der Waals surface area contributed by atoms with E-state index in [1.54, 1.807) is 35.6 Å². The highest BCUT2D eigenvalue weighted by atomic mass is 127. The lowest BCUT2D eigenvalue weighted by atomic mass is 10.3. The zero-order valence-corrected chi connectivity index (χ0v) is 14.8. The summed E-state index contributed by atoms with van der Waals surface area (Å²) < 4.78 is 26.0. The van der Waals surface area contributed by atoms with E-state index in [9.17, 15) is 8.42 Å². The van der Waals surface area contributed by atoms with Gasteiger partial charge in [0.15, 0.2) is 5.82 Å². The van der Waals surface area contributed by atoms with Gasteiger partial charge in [0.1, 0.15) is 0 Å². The molecule has 0 radical (unpaired) electrons. The minimum absolute atomic E-state index is 0.286. The average Bonchev–Trinajstić information content (AvgIpc) is 3.04. The molecule has 0 N–H and O–H groups in total. The number of halogens is 2. The van der Waals surface area contributed by atoms with E-state index in [1.165, 1.54) is 4.57 Å². The lowest BCUT2D eigenvalue weighted by molar-refractivity contribution is 0.597. The van der Waals surface area contributed by atoms with Crippen LogP contribution in [0.3, 0.4) is 0 Å². The van der Waals surface area contributed by atoms with Gasteiger partial charge in [0.05, 0.1) is 2.88 Å². The number of rotatable bonds is 3. The fourth-order valence-corrected chi connectivity index (χ4v) is 4.02. The second-order valence-electron chi connectivity index (χ2n) is 4.05. The van der Waals surface area contributed by atoms with Crippen molar-refractivity contribution < 1.29 is 8.42 Å². The van der Waals surface area contributed by atoms with Crippen LogP contribution in [0.2, 0.25) is 0 Å². The Kier molecular flexibility index (Phi) is 4.04. The maximum atomic E-state index is 11.7. The molecule has 0 saturated carbocycles. The Balaban J connectivity index is 2.30. The zero-order chi connectivity index (χ0) is 15.0. The Morgan fingerprint density at radius 1 is 1.19 bits per heavy atom. The van der Waals surface area contributed by atoms with Gasteiger partial charge in [-0.05, 0) is 40.8 Å². The van der Waals surface area contributed by atoms with Gasteiger partial charge in [-0.3, -0.25) is 4.57 Å². The summed E-state index contributed by atoms with van der Waals surface area (Å²) in [4.78, 5) is 0. The quantitative estimate of drug-likeness (QED) is 0.451. The summed E-state index contributed by atoms with van der Waals surface area (Å²) in [6, 6.07) is 10.9. The normalized spacial score (nSPS) is 11.7. The topological polar surface area (TPSA) is 64.8 Å². The molecule has 21 heavy (non-hydrogen) atoms. The maximum absolute atomic E-state index is 11.7. The van der Waals surface area contributed by atoms with Crippen molar-refractivity contribution in [1.82, 2.24) is 14.8 Å². The van der Waals surface area contributed by atoms with Crippen molar-refractivity contribution in [3.8, 4) is 17.1 Å². The molecule has 0 aliphatic carbocycles. The highest BCUT2D eigenvalue weighted by Crippen LogP contribution is 2.30. The van der Waals surface area contributed by atoms with Crippen molar-refractivity contribution in [2.24, 2.45) is 0 Å². The Bertz CT molecular complexity index is 890. The summed E-state index contributed by atoms with van der Waals surface area (Å²) in [6.07, 6.45) is 0. The van der Waals surface area contributed by atoms with Crippen molar-refractivity contribution in [1.29, 1.82) is 0 Å². The highest BCUT2D eigenvalue weighted by Gasteiger charge is 2.24. The van der Waals surface area contributed by atoms with Crippen LogP contribution in [-0.4, -0.2) is 23.2 Å². The largest absolute Gasteiger partial charge is 0.297 e. The van der Waals surface area contributed by atoms with Gasteiger partial charge in [0, 0.05) is 27.3 Å². The first-order chi connectivity index (χ1) is 9.97. The molecule has 0 bridgehead atoms. The van der Waals surface area contributed by atoms with Gasteiger partial charge in [0.2, 0.25) is 0 Å². The Morgan fingerprint density at radius 2 is 1.90 bits per heavy atom. The molecule has 3 aromatic rings. The number of nitrogens with zero attached hydrogens (tertiary/aromatic N) is 3. The summed E-state index contributed by atoms with van der Waals surface area (Å²) in [6.45, 7) is 0. The standard InChI is InChI=1S/C12H7ClIN3O2S2/c13-21(18,19)12-16-15-11(8-6-10(14)20-7-8)17(12)9-4-2-1-3-5-9/h1-7H. The number of hydrogen-bond acceptors (Lipinski definition) is 5. The second kappa shape index (κ2) is 5.67. The van der Waals surface area contributed by atoms with Gasteiger partial charge in [0.25, 0.3) is 14.2 Å². The fraction of sp³-hybridized carbons (Fsp3) is 0. The zero-order valence-electron chi connectivity index (χ0n) is 10.3. The molecule has 2 aromatic heterocycles. The minimum Gasteiger partial charge on any atom is -0.265 e. The van der Waals surface area contributed by atoms with Crippen molar-refractivity contribution in [3.05, 3.63) is 44.7 Å². The van der Waals surface area contributed by atoms with Crippen LogP contribution in [0.1, 0.15) is 0 Å². The molecule has 1 aromatic carbocycles. The molecule has 3 rings (SSSR count). The molecule has 0 atom stereocenters. The summed E-state index contributed by atoms with van der Waals surface area (Å²) in [5.74, 6) is 0.444. The maximum Gasteiger partial charge on any atom is 0.297 e. The van der Waals surface area contributed by atoms with E-state index in [4.69, 9.17) is 10.7 Å². The smallest absolute Gasteiger partial charge is 0.265 e. The van der Waals surface area contributed by atoms with Crippen molar-refractivity contribution in [2.75, 3.05) is 0 Å². The summed E-state index contributed by atoms with van der Waals surface area (Å²) in [5, 5.41) is 9.35. The molecule has 0 aliphatic rings. The Labute approximate surface area is 143 Å². The van der Waals surface area contributed by atoms with E-state index < -0.39 is 9.05 Å². The first kappa shape index (κ1) is 14.9. The van der Waals surface area contributed by atoms with Crippen LogP contribution in [0, 0.1) is 2.88 Å². The molecule has 2 heterocycles. The molecule has 108 valence electrons. The molecular formula is C12H7ClIN3O2S2. The highest BCUT2D eigenvalue weighted by molar-refractivity contribution is 14.1. The summed E-state index contributed by atoms with van der Waals surface area (Å²) >= 11 is 3.74. The number of benzene rings is 1. The molecule has 9 heteroatoms. The fourth-order valence-electron chi connectivity index (χ4n) is 1.85. The predicted octanol–water partition coefficient (Wildman–Crippen LogP) is 3.53. The third kappa shape index (κ3) is 2.98. The van der Waals surface area contributed by atoms with Crippen molar-refractivity contribution >= 4 is 53.7 Å². The van der Waals surface area contributed by atoms with Crippen molar-refractivity contribution in [2.45, 2.75) is 5.16 Å². The van der Waals surface area contributed by atoms with Crippen LogP contribution in [0.4, 0.5) is 0 Å². The van der Waals surface area contributed by atoms with E-state index in [1.807, 2.05) is 17.5 Å². The van der Waals surface area contributed by atoms with Gasteiger partial charge in [-0.15, -0.1) is 21.5 Å². The van der Waals surface area contributed by atoms with E-state index >= 15 is 0 Å². The van der Waals surface area contributed by atoms with Gasteiger partial charge in [-0.25, -0.2) is 8.42 Å². The van der Waals surface area contributed by atoms with Crippen LogP contribution < -0.4 is 0 Å². The van der Waals surface area contributed by atoms with Gasteiger partial charge < -0.3 is 0 Å². The minimum atomic E-state index is -4.00. The van der Waals surface area contributed by atoms with Crippen molar-refractivity contribution in [3.63, 3.8) is 0 Å². The van der Waals surface area contributed by atoms with Crippen LogP contribution >= 0.6 is 44.6 Å². The van der Waals surface area contributed by atoms with Crippen LogP contribution in [0.15, 0.2) is 46.9 Å². The molecular weight excluding hydrogens is 445 g/mol. The molecule has 0 amide bonds. The third-order valence-corrected chi connectivity index (χ3v) is 5.59. The Hall–Kier alpha value is -0.970. The average molecular weight is 452 g/mol. The van der Waals surface area contributed by atoms with Gasteiger partial charge >= 0.3 is 0 Å². The van der Waals surface area contributed by atoms with Gasteiger partial charge in [-0.1, -0.05) is 18.2 Å². The molecule has 0 aliphatic heterocycles. The summed E-state index contributed by atoms with van der Waals surface area (Å²) in [5.41, 5.74) is 1.44. The first-order valence-corrected chi connectivity index (χ1v) is 9.93. The molecule has 0 fully saturated rings. The lowest BCUT2D eigenvalue weighted by Crippen LogP contribution is -2.05. The predicted molar refractivity (Wildman–Crippen MR) is 90.4 cm³/mol. The molecule has 5 nitrogen and oxygen atoms in total. The van der Waals surface area contributed by atoms with Crippen LogP contribution in [-0.2, 0) is 9.05 Å². The van der Waals surface area contributed by atoms with E-state index in [-0.39, 0.29) is 5.16 Å². The van der Waals surface area contributed by atoms with Crippen LogP contribution in [0.25, 0.3) is 17.1 Å². The molecule has 0 unspecified atom stereocenters. The number of aromatic nitrogens is 3. The van der Waals surface area contributed by atoms with Gasteiger partial charge in [-0.2, -0.15) is 0 Å². The first-order valence-electron chi connectivity index (χ1n) is 5.67. The number of thiophene rings is 1. The number of hydrogen-bond donors (Lipinski definition) is 0. The van der Waals surface area contributed by atoms with E-state index in [0.717, 1.165) is 8.45 Å². The summed E-state index contributed by atoms with van der Waals surface area (Å²) in [7, 11) is 1.47. The SMILES string of the molecule is O=S(=O)(Cl)c1nnc(-c2csc(I)c2)n1-c1ccccc1. The lowest BCUT2D eigenvalue weighted by Gasteiger charge is -2.07. The Morgan fingerprint density at radius 3 is 2.48 bits per heavy atom. The molecule has 0 spiro atoms. The van der Waals surface area contributed by atoms with E-state index in [2.05, 4.69) is 32.8 Å². The number of para-hydroxylation sites is 1. The van der Waals surface area contributed by atoms with E-state index in [0.29, 0.717) is 11.5 Å². The second-order valence-corrected chi connectivity index (χ2v) is 9.32. The third-order valence-electron chi connectivity index (χ3n) is 2.69.